The van der Waals surface area contributed by atoms with Crippen molar-refractivity contribution in [3.8, 4) is 11.8 Å². The van der Waals surface area contributed by atoms with E-state index < -0.39 is 0 Å². The van der Waals surface area contributed by atoms with Gasteiger partial charge < -0.3 is 4.74 Å². The highest BCUT2D eigenvalue weighted by atomic mass is 16.6. The Bertz CT molecular complexity index is 181. The summed E-state index contributed by atoms with van der Waals surface area (Å²) < 4.78 is 5.30. The average Bonchev–Trinajstić information content (AvgIpc) is 2.77. The van der Waals surface area contributed by atoms with Gasteiger partial charge in [0.2, 0.25) is 0 Å². The molecular weight excluding hydrogens is 148 g/mol. The van der Waals surface area contributed by atoms with Crippen molar-refractivity contribution in [3.63, 3.8) is 0 Å². The van der Waals surface area contributed by atoms with Crippen LogP contribution in [0.4, 0.5) is 0 Å². The monoisotopic (exact) mass is 166 g/mol. The molecule has 0 amide bonds. The maximum absolute atomic E-state index is 5.30. The second kappa shape index (κ2) is 4.52. The van der Waals surface area contributed by atoms with E-state index in [4.69, 9.17) is 4.74 Å². The largest absolute Gasteiger partial charge is 0.370 e. The highest BCUT2D eigenvalue weighted by Crippen LogP contribution is 2.31. The third kappa shape index (κ3) is 3.78. The summed E-state index contributed by atoms with van der Waals surface area (Å²) >= 11 is 0. The zero-order valence-electron chi connectivity index (χ0n) is 8.15. The van der Waals surface area contributed by atoms with Crippen LogP contribution < -0.4 is 0 Å². The van der Waals surface area contributed by atoms with E-state index in [1.807, 2.05) is 6.92 Å². The van der Waals surface area contributed by atoms with Crippen LogP contribution in [-0.4, -0.2) is 12.2 Å². The molecule has 0 N–H and O–H groups in total. The minimum absolute atomic E-state index is 0.260. The van der Waals surface area contributed by atoms with Crippen LogP contribution in [0.3, 0.4) is 0 Å². The molecule has 1 atom stereocenters. The lowest BCUT2D eigenvalue weighted by Crippen LogP contribution is -2.02. The van der Waals surface area contributed by atoms with E-state index in [2.05, 4.69) is 18.8 Å². The molecule has 1 aliphatic heterocycles. The van der Waals surface area contributed by atoms with Gasteiger partial charge in [-0.3, -0.25) is 0 Å². The lowest BCUT2D eigenvalue weighted by Gasteiger charge is -2.02. The standard InChI is InChI=1S/C11H18O/c1-3-4-5-6-7-8-9-11(2)10-12-11/h5-10H2,1-2H3. The summed E-state index contributed by atoms with van der Waals surface area (Å²) in [7, 11) is 0. The van der Waals surface area contributed by atoms with Crippen LogP contribution in [0.25, 0.3) is 0 Å². The van der Waals surface area contributed by atoms with E-state index in [0.717, 1.165) is 13.0 Å². The van der Waals surface area contributed by atoms with E-state index in [-0.39, 0.29) is 5.60 Å². The fourth-order valence-electron chi connectivity index (χ4n) is 1.28. The third-order valence-electron chi connectivity index (χ3n) is 2.32. The molecule has 1 nitrogen and oxygen atoms in total. The van der Waals surface area contributed by atoms with Crippen molar-refractivity contribution in [2.45, 2.75) is 51.6 Å². The van der Waals surface area contributed by atoms with Crippen molar-refractivity contribution < 1.29 is 4.74 Å². The van der Waals surface area contributed by atoms with Gasteiger partial charge in [0.05, 0.1) is 12.2 Å². The quantitative estimate of drug-likeness (QED) is 0.347. The molecule has 0 aromatic heterocycles. The number of unbranched alkanes of at least 4 members (excludes halogenated alkanes) is 3. The molecule has 1 heterocycles. The number of hydrogen-bond donors (Lipinski definition) is 0. The zero-order valence-corrected chi connectivity index (χ0v) is 8.15. The normalized spacial score (nSPS) is 26.2. The van der Waals surface area contributed by atoms with Crippen LogP contribution in [0.15, 0.2) is 0 Å². The molecule has 1 rings (SSSR count). The molecule has 0 radical (unpaired) electrons. The zero-order chi connectivity index (χ0) is 8.86. The van der Waals surface area contributed by atoms with Gasteiger partial charge >= 0.3 is 0 Å². The summed E-state index contributed by atoms with van der Waals surface area (Å²) in [5.41, 5.74) is 0.260. The van der Waals surface area contributed by atoms with Gasteiger partial charge in [-0.15, -0.1) is 11.8 Å². The van der Waals surface area contributed by atoms with Gasteiger partial charge in [-0.2, -0.15) is 0 Å². The number of hydrogen-bond acceptors (Lipinski definition) is 1. The first-order valence-electron chi connectivity index (χ1n) is 4.80. The first-order chi connectivity index (χ1) is 5.77. The maximum Gasteiger partial charge on any atom is 0.0888 e. The Labute approximate surface area is 75.5 Å². The summed E-state index contributed by atoms with van der Waals surface area (Å²) in [6, 6.07) is 0. The Kier molecular flexibility index (Phi) is 3.62. The van der Waals surface area contributed by atoms with E-state index in [1.54, 1.807) is 0 Å². The van der Waals surface area contributed by atoms with Gasteiger partial charge in [-0.05, 0) is 26.7 Å². The Morgan fingerprint density at radius 1 is 1.33 bits per heavy atom. The second-order valence-corrected chi connectivity index (χ2v) is 3.73. The van der Waals surface area contributed by atoms with Gasteiger partial charge in [0, 0.05) is 6.42 Å². The summed E-state index contributed by atoms with van der Waals surface area (Å²) in [5.74, 6) is 5.99. The van der Waals surface area contributed by atoms with Crippen molar-refractivity contribution in [2.24, 2.45) is 0 Å². The lowest BCUT2D eigenvalue weighted by atomic mass is 10.0. The Hall–Kier alpha value is -0.480. The van der Waals surface area contributed by atoms with Crippen molar-refractivity contribution >= 4 is 0 Å². The molecule has 0 aromatic carbocycles. The van der Waals surface area contributed by atoms with Crippen LogP contribution in [0.1, 0.15) is 46.0 Å². The van der Waals surface area contributed by atoms with E-state index in [0.29, 0.717) is 0 Å². The first kappa shape index (κ1) is 9.61. The molecular formula is C11H18O. The van der Waals surface area contributed by atoms with Crippen molar-refractivity contribution in [3.05, 3.63) is 0 Å². The molecule has 1 saturated heterocycles. The van der Waals surface area contributed by atoms with Gasteiger partial charge in [0.1, 0.15) is 0 Å². The molecule has 1 aliphatic rings. The topological polar surface area (TPSA) is 12.5 Å². The van der Waals surface area contributed by atoms with Gasteiger partial charge in [0.25, 0.3) is 0 Å². The predicted octanol–water partition coefficient (Wildman–Crippen LogP) is 2.75. The fourth-order valence-corrected chi connectivity index (χ4v) is 1.28. The van der Waals surface area contributed by atoms with Crippen molar-refractivity contribution in [2.75, 3.05) is 6.61 Å². The molecule has 1 fully saturated rings. The van der Waals surface area contributed by atoms with Crippen molar-refractivity contribution in [1.29, 1.82) is 0 Å². The van der Waals surface area contributed by atoms with Crippen LogP contribution in [-0.2, 0) is 4.74 Å². The Morgan fingerprint density at radius 2 is 2.08 bits per heavy atom. The van der Waals surface area contributed by atoms with Gasteiger partial charge in [-0.25, -0.2) is 0 Å². The number of epoxide rings is 1. The predicted molar refractivity (Wildman–Crippen MR) is 50.9 cm³/mol. The highest BCUT2D eigenvalue weighted by molar-refractivity contribution is 4.94. The first-order valence-corrected chi connectivity index (χ1v) is 4.80. The molecule has 0 spiro atoms. The lowest BCUT2D eigenvalue weighted by molar-refractivity contribution is 0.301. The third-order valence-corrected chi connectivity index (χ3v) is 2.32. The molecule has 1 heteroatoms. The van der Waals surface area contributed by atoms with Crippen LogP contribution in [0, 0.1) is 11.8 Å². The molecule has 0 saturated carbocycles. The fraction of sp³-hybridized carbons (Fsp3) is 0.818. The smallest absolute Gasteiger partial charge is 0.0888 e. The van der Waals surface area contributed by atoms with Gasteiger partial charge in [0.15, 0.2) is 0 Å². The SMILES string of the molecule is CC#CCCCCCC1(C)CO1. The van der Waals surface area contributed by atoms with E-state index in [9.17, 15) is 0 Å². The molecule has 0 aliphatic carbocycles. The maximum atomic E-state index is 5.30. The number of rotatable bonds is 5. The van der Waals surface area contributed by atoms with Crippen LogP contribution >= 0.6 is 0 Å². The summed E-state index contributed by atoms with van der Waals surface area (Å²) in [6.45, 7) is 5.07. The van der Waals surface area contributed by atoms with Gasteiger partial charge in [-0.1, -0.05) is 12.8 Å². The van der Waals surface area contributed by atoms with Crippen LogP contribution in [0.2, 0.25) is 0 Å². The molecule has 12 heavy (non-hydrogen) atoms. The van der Waals surface area contributed by atoms with E-state index in [1.165, 1.54) is 25.7 Å². The van der Waals surface area contributed by atoms with Crippen molar-refractivity contribution in [1.82, 2.24) is 0 Å². The minimum Gasteiger partial charge on any atom is -0.370 e. The van der Waals surface area contributed by atoms with Crippen LogP contribution in [0.5, 0.6) is 0 Å². The minimum atomic E-state index is 0.260. The average molecular weight is 166 g/mol. The second-order valence-electron chi connectivity index (χ2n) is 3.73. The molecule has 0 aromatic rings. The molecule has 1 unspecified atom stereocenters. The number of ether oxygens (including phenoxy) is 1. The Balaban J connectivity index is 1.85. The molecule has 0 bridgehead atoms. The Morgan fingerprint density at radius 3 is 2.67 bits per heavy atom. The summed E-state index contributed by atoms with van der Waals surface area (Å²) in [4.78, 5) is 0. The highest BCUT2D eigenvalue weighted by Gasteiger charge is 2.37. The van der Waals surface area contributed by atoms with E-state index >= 15 is 0 Å². The molecule has 68 valence electrons. The summed E-state index contributed by atoms with van der Waals surface area (Å²) in [5, 5.41) is 0. The summed E-state index contributed by atoms with van der Waals surface area (Å²) in [6.07, 6.45) is 6.13.